The van der Waals surface area contributed by atoms with Crippen LogP contribution in [-0.4, -0.2) is 36.5 Å². The van der Waals surface area contributed by atoms with Crippen LogP contribution in [0.1, 0.15) is 13.8 Å². The van der Waals surface area contributed by atoms with Gasteiger partial charge in [0.15, 0.2) is 0 Å². The van der Waals surface area contributed by atoms with Crippen LogP contribution in [0.3, 0.4) is 0 Å². The van der Waals surface area contributed by atoms with Gasteiger partial charge in [-0.25, -0.2) is 0 Å². The fourth-order valence-electron chi connectivity index (χ4n) is 0.855. The smallest absolute Gasteiger partial charge is 0.332 e. The lowest BCUT2D eigenvalue weighted by Crippen LogP contribution is -2.34. The number of carboxylic acids is 1. The Hall–Kier alpha value is -0.420. The maximum absolute atomic E-state index is 11.7. The number of aliphatic carboxylic acids is 1. The van der Waals surface area contributed by atoms with E-state index in [9.17, 15) is 9.36 Å². The zero-order chi connectivity index (χ0) is 11.2. The predicted molar refractivity (Wildman–Crippen MR) is 51.3 cm³/mol. The van der Waals surface area contributed by atoms with Crippen molar-refractivity contribution in [2.45, 2.75) is 19.9 Å². The van der Waals surface area contributed by atoms with Gasteiger partial charge in [-0.1, -0.05) is 0 Å². The third kappa shape index (κ3) is 4.72. The summed E-state index contributed by atoms with van der Waals surface area (Å²) in [4.78, 5) is 10.4. The number of nitrogens with two attached hydrogens (primary N) is 1. The summed E-state index contributed by atoms with van der Waals surface area (Å²) < 4.78 is 21.5. The molecule has 0 aliphatic carbocycles. The van der Waals surface area contributed by atoms with Gasteiger partial charge in [0.1, 0.15) is 6.04 Å². The summed E-state index contributed by atoms with van der Waals surface area (Å²) in [5, 5.41) is 8.52. The van der Waals surface area contributed by atoms with E-state index in [1.165, 1.54) is 0 Å². The average molecular weight is 225 g/mol. The zero-order valence-corrected chi connectivity index (χ0v) is 9.20. The highest BCUT2D eigenvalue weighted by atomic mass is 31.2. The minimum atomic E-state index is -3.34. The van der Waals surface area contributed by atoms with E-state index in [0.717, 1.165) is 0 Å². The van der Waals surface area contributed by atoms with Crippen molar-refractivity contribution in [2.24, 2.45) is 5.73 Å². The molecule has 1 atom stereocenters. The maximum atomic E-state index is 11.7. The Morgan fingerprint density at radius 2 is 1.86 bits per heavy atom. The van der Waals surface area contributed by atoms with Gasteiger partial charge in [-0.15, -0.1) is 0 Å². The lowest BCUT2D eigenvalue weighted by Gasteiger charge is -2.18. The van der Waals surface area contributed by atoms with E-state index in [1.54, 1.807) is 13.8 Å². The van der Waals surface area contributed by atoms with Crippen molar-refractivity contribution in [1.29, 1.82) is 0 Å². The van der Waals surface area contributed by atoms with Gasteiger partial charge in [0.25, 0.3) is 0 Å². The Kier molecular flexibility index (Phi) is 5.95. The lowest BCUT2D eigenvalue weighted by molar-refractivity contribution is -0.138. The van der Waals surface area contributed by atoms with Crippen molar-refractivity contribution < 1.29 is 23.5 Å². The highest BCUT2D eigenvalue weighted by Gasteiger charge is 2.29. The largest absolute Gasteiger partial charge is 0.480 e. The molecule has 0 saturated heterocycles. The molecule has 14 heavy (non-hydrogen) atoms. The van der Waals surface area contributed by atoms with Crippen LogP contribution in [0.5, 0.6) is 0 Å². The summed E-state index contributed by atoms with van der Waals surface area (Å²) in [7, 11) is -3.34. The second kappa shape index (κ2) is 6.14. The summed E-state index contributed by atoms with van der Waals surface area (Å²) in [6, 6.07) is -1.22. The van der Waals surface area contributed by atoms with E-state index in [0.29, 0.717) is 0 Å². The molecule has 0 radical (unpaired) electrons. The summed E-state index contributed by atoms with van der Waals surface area (Å²) in [5.74, 6) is -1.22. The third-order valence-corrected chi connectivity index (χ3v) is 3.53. The molecule has 84 valence electrons. The fourth-order valence-corrected chi connectivity index (χ4v) is 2.57. The van der Waals surface area contributed by atoms with Crippen LogP contribution in [0.4, 0.5) is 0 Å². The van der Waals surface area contributed by atoms with Gasteiger partial charge in [-0.3, -0.25) is 9.36 Å². The molecule has 0 aromatic carbocycles. The van der Waals surface area contributed by atoms with Gasteiger partial charge in [0, 0.05) is 0 Å². The Labute approximate surface area is 82.9 Å². The molecule has 0 amide bonds. The average Bonchev–Trinajstić information content (AvgIpc) is 2.04. The number of rotatable bonds is 7. The molecule has 0 saturated carbocycles. The van der Waals surface area contributed by atoms with Gasteiger partial charge < -0.3 is 19.9 Å². The molecule has 0 spiro atoms. The summed E-state index contributed by atoms with van der Waals surface area (Å²) >= 11 is 0. The van der Waals surface area contributed by atoms with E-state index in [2.05, 4.69) is 0 Å². The Balaban J connectivity index is 4.35. The first kappa shape index (κ1) is 13.6. The molecule has 6 nitrogen and oxygen atoms in total. The number of hydrogen-bond acceptors (Lipinski definition) is 5. The monoisotopic (exact) mass is 225 g/mol. The summed E-state index contributed by atoms with van der Waals surface area (Å²) in [6.45, 7) is 3.70. The molecule has 0 aromatic rings. The van der Waals surface area contributed by atoms with Crippen LogP contribution < -0.4 is 5.73 Å². The van der Waals surface area contributed by atoms with Crippen LogP contribution in [0.2, 0.25) is 0 Å². The van der Waals surface area contributed by atoms with Crippen molar-refractivity contribution in [3.63, 3.8) is 0 Å². The third-order valence-electron chi connectivity index (χ3n) is 1.39. The standard InChI is InChI=1S/C7H16NO5P/c1-3-12-14(11,13-4-2)5-6(8)7(9)10/h6H,3-5,8H2,1-2H3,(H,9,10). The van der Waals surface area contributed by atoms with Crippen molar-refractivity contribution in [2.75, 3.05) is 19.4 Å². The predicted octanol–water partition coefficient (Wildman–Crippen LogP) is 0.664. The molecule has 0 aliphatic rings. The van der Waals surface area contributed by atoms with Crippen LogP contribution in [0.25, 0.3) is 0 Å². The minimum absolute atomic E-state index is 0.198. The van der Waals surface area contributed by atoms with E-state index < -0.39 is 19.6 Å². The molecule has 1 unspecified atom stereocenters. The first-order chi connectivity index (χ1) is 6.45. The van der Waals surface area contributed by atoms with E-state index in [-0.39, 0.29) is 19.4 Å². The Bertz CT molecular complexity index is 222. The van der Waals surface area contributed by atoms with Gasteiger partial charge in [0.05, 0.1) is 19.4 Å². The van der Waals surface area contributed by atoms with E-state index in [1.807, 2.05) is 0 Å². The molecule has 0 rings (SSSR count). The van der Waals surface area contributed by atoms with Crippen LogP contribution >= 0.6 is 7.60 Å². The van der Waals surface area contributed by atoms with E-state index in [4.69, 9.17) is 19.9 Å². The molecule has 7 heteroatoms. The molecule has 0 aromatic heterocycles. The van der Waals surface area contributed by atoms with Crippen LogP contribution in [0.15, 0.2) is 0 Å². The number of carboxylic acid groups (broad SMARTS) is 1. The molecule has 0 bridgehead atoms. The quantitative estimate of drug-likeness (QED) is 0.617. The van der Waals surface area contributed by atoms with Crippen LogP contribution in [0, 0.1) is 0 Å². The normalized spacial score (nSPS) is 13.9. The molecular weight excluding hydrogens is 209 g/mol. The van der Waals surface area contributed by atoms with Crippen molar-refractivity contribution in [1.82, 2.24) is 0 Å². The summed E-state index contributed by atoms with van der Waals surface area (Å²) in [5.41, 5.74) is 5.23. The second-order valence-corrected chi connectivity index (χ2v) is 4.68. The first-order valence-electron chi connectivity index (χ1n) is 4.31. The van der Waals surface area contributed by atoms with E-state index >= 15 is 0 Å². The molecule has 0 fully saturated rings. The highest BCUT2D eigenvalue weighted by molar-refractivity contribution is 7.53. The lowest BCUT2D eigenvalue weighted by atomic mass is 10.4. The molecular formula is C7H16NO5P. The van der Waals surface area contributed by atoms with Crippen LogP contribution in [-0.2, 0) is 18.4 Å². The van der Waals surface area contributed by atoms with Gasteiger partial charge in [-0.05, 0) is 13.8 Å². The topological polar surface area (TPSA) is 98.9 Å². The zero-order valence-electron chi connectivity index (χ0n) is 8.30. The molecule has 0 heterocycles. The molecule has 3 N–H and O–H groups in total. The number of hydrogen-bond donors (Lipinski definition) is 2. The SMILES string of the molecule is CCOP(=O)(CC(N)C(=O)O)OCC. The van der Waals surface area contributed by atoms with Crippen molar-refractivity contribution in [3.8, 4) is 0 Å². The minimum Gasteiger partial charge on any atom is -0.480 e. The van der Waals surface area contributed by atoms with Crippen molar-refractivity contribution >= 4 is 13.6 Å². The number of carbonyl (C=O) groups is 1. The van der Waals surface area contributed by atoms with Gasteiger partial charge >= 0.3 is 13.6 Å². The highest BCUT2D eigenvalue weighted by Crippen LogP contribution is 2.48. The maximum Gasteiger partial charge on any atom is 0.332 e. The Morgan fingerprint density at radius 3 is 2.14 bits per heavy atom. The first-order valence-corrected chi connectivity index (χ1v) is 6.04. The van der Waals surface area contributed by atoms with Gasteiger partial charge in [-0.2, -0.15) is 0 Å². The van der Waals surface area contributed by atoms with Crippen molar-refractivity contribution in [3.05, 3.63) is 0 Å². The fraction of sp³-hybridized carbons (Fsp3) is 0.857. The second-order valence-electron chi connectivity index (χ2n) is 2.57. The summed E-state index contributed by atoms with van der Waals surface area (Å²) in [6.07, 6.45) is -0.302. The Morgan fingerprint density at radius 1 is 1.43 bits per heavy atom. The van der Waals surface area contributed by atoms with Gasteiger partial charge in [0.2, 0.25) is 0 Å². The molecule has 0 aliphatic heterocycles.